The number of pyridine rings is 1. The van der Waals surface area contributed by atoms with E-state index in [1.807, 2.05) is 36.4 Å². The molecule has 0 saturated heterocycles. The predicted molar refractivity (Wildman–Crippen MR) is 137 cm³/mol. The molecule has 4 N–H and O–H groups in total. The average Bonchev–Trinajstić information content (AvgIpc) is 3.28. The molecule has 0 amide bonds. The minimum absolute atomic E-state index is 0.0128. The lowest BCUT2D eigenvalue weighted by atomic mass is 10.2. The van der Waals surface area contributed by atoms with E-state index in [1.54, 1.807) is 41.1 Å². The quantitative estimate of drug-likeness (QED) is 0.274. The number of aromatic nitrogens is 5. The lowest BCUT2D eigenvalue weighted by Crippen LogP contribution is -2.27. The third kappa shape index (κ3) is 5.20. The number of rotatable bonds is 8. The number of nitrogens with two attached hydrogens (primary N) is 1. The molecular formula is C25H22ClN7O3. The fourth-order valence-corrected chi connectivity index (χ4v) is 3.84. The van der Waals surface area contributed by atoms with Crippen molar-refractivity contribution in [2.75, 3.05) is 5.32 Å². The number of halogens is 1. The predicted octanol–water partition coefficient (Wildman–Crippen LogP) is 3.50. The van der Waals surface area contributed by atoms with Crippen molar-refractivity contribution < 1.29 is 9.84 Å². The standard InChI is InChI=1S/C25H22ClN7O3/c26-17-6-4-16(5-7-17)13-33-23-22(32(15-29-23)14-20(27)34)24(35)31-25(33)30-18-8-10-19(11-9-18)36-21-3-1-2-12-28-21/h1-12,15,20,34H,13-14,27H2,(H,30,31,35). The molecule has 0 radical (unpaired) electrons. The van der Waals surface area contributed by atoms with Gasteiger partial charge in [0.05, 0.1) is 19.4 Å². The number of fused-ring (bicyclic) bond motifs is 1. The molecule has 1 atom stereocenters. The smallest absolute Gasteiger partial charge is 0.300 e. The molecule has 5 rings (SSSR count). The highest BCUT2D eigenvalue weighted by Gasteiger charge is 2.18. The van der Waals surface area contributed by atoms with Gasteiger partial charge in [-0.15, -0.1) is 0 Å². The highest BCUT2D eigenvalue weighted by Crippen LogP contribution is 2.24. The number of nitrogens with one attached hydrogen (secondary N) is 1. The van der Waals surface area contributed by atoms with E-state index in [4.69, 9.17) is 22.1 Å². The third-order valence-electron chi connectivity index (χ3n) is 5.35. The van der Waals surface area contributed by atoms with Crippen LogP contribution in [0.15, 0.2) is 84.0 Å². The Morgan fingerprint density at radius 1 is 1.06 bits per heavy atom. The normalized spacial score (nSPS) is 12.0. The lowest BCUT2D eigenvalue weighted by Gasteiger charge is -2.16. The fraction of sp³-hybridized carbons (Fsp3) is 0.120. The van der Waals surface area contributed by atoms with Gasteiger partial charge in [-0.25, -0.2) is 9.97 Å². The number of aliphatic hydroxyl groups excluding tert-OH is 1. The van der Waals surface area contributed by atoms with Crippen molar-refractivity contribution in [2.45, 2.75) is 19.3 Å². The second-order valence-corrected chi connectivity index (χ2v) is 8.45. The first-order valence-electron chi connectivity index (χ1n) is 11.1. The first-order chi connectivity index (χ1) is 17.5. The number of anilines is 2. The van der Waals surface area contributed by atoms with Crippen molar-refractivity contribution in [3.05, 3.63) is 100 Å². The summed E-state index contributed by atoms with van der Waals surface area (Å²) in [6.07, 6.45) is 1.98. The number of aliphatic hydroxyl groups is 1. The number of hydrogen-bond acceptors (Lipinski definition) is 8. The van der Waals surface area contributed by atoms with Crippen molar-refractivity contribution in [1.82, 2.24) is 24.1 Å². The average molecular weight is 504 g/mol. The van der Waals surface area contributed by atoms with Gasteiger partial charge in [0.15, 0.2) is 11.2 Å². The summed E-state index contributed by atoms with van der Waals surface area (Å²) in [6.45, 7) is 0.380. The van der Waals surface area contributed by atoms with Crippen molar-refractivity contribution in [3.8, 4) is 11.6 Å². The fourth-order valence-electron chi connectivity index (χ4n) is 3.72. The summed E-state index contributed by atoms with van der Waals surface area (Å²) in [6, 6.07) is 20.0. The maximum Gasteiger partial charge on any atom is 0.300 e. The number of nitrogens with zero attached hydrogens (tertiary/aromatic N) is 5. The summed E-state index contributed by atoms with van der Waals surface area (Å²) < 4.78 is 9.03. The van der Waals surface area contributed by atoms with Crippen LogP contribution in [-0.2, 0) is 13.1 Å². The number of imidazole rings is 1. The molecule has 0 saturated carbocycles. The maximum atomic E-state index is 13.0. The zero-order chi connectivity index (χ0) is 25.1. The van der Waals surface area contributed by atoms with Gasteiger partial charge in [-0.2, -0.15) is 4.98 Å². The summed E-state index contributed by atoms with van der Waals surface area (Å²) in [5, 5.41) is 13.5. The second-order valence-electron chi connectivity index (χ2n) is 8.01. The van der Waals surface area contributed by atoms with Crippen molar-refractivity contribution >= 4 is 34.4 Å². The summed E-state index contributed by atoms with van der Waals surface area (Å²) in [7, 11) is 0. The van der Waals surface area contributed by atoms with E-state index in [1.165, 1.54) is 10.9 Å². The minimum Gasteiger partial charge on any atom is -0.439 e. The van der Waals surface area contributed by atoms with E-state index in [2.05, 4.69) is 20.3 Å². The molecule has 5 aromatic rings. The topological polar surface area (TPSA) is 133 Å². The molecule has 10 nitrogen and oxygen atoms in total. The summed E-state index contributed by atoms with van der Waals surface area (Å²) in [5.74, 6) is 1.40. The zero-order valence-corrected chi connectivity index (χ0v) is 19.7. The molecule has 0 aliphatic rings. The van der Waals surface area contributed by atoms with Crippen molar-refractivity contribution in [1.29, 1.82) is 0 Å². The molecule has 0 aliphatic carbocycles. The molecule has 3 aromatic heterocycles. The van der Waals surface area contributed by atoms with Crippen LogP contribution in [0.2, 0.25) is 5.02 Å². The molecule has 0 aliphatic heterocycles. The highest BCUT2D eigenvalue weighted by molar-refractivity contribution is 6.30. The SMILES string of the molecule is NC(O)Cn1cnc2c1c(=O)nc(Nc1ccc(Oc3ccccn3)cc1)n2Cc1ccc(Cl)cc1. The van der Waals surface area contributed by atoms with Gasteiger partial charge in [-0.05, 0) is 48.0 Å². The first-order valence-corrected chi connectivity index (χ1v) is 11.4. The second kappa shape index (κ2) is 10.2. The molecular weight excluding hydrogens is 482 g/mol. The Morgan fingerprint density at radius 2 is 1.83 bits per heavy atom. The Morgan fingerprint density at radius 3 is 2.53 bits per heavy atom. The van der Waals surface area contributed by atoms with Crippen LogP contribution in [0.5, 0.6) is 11.6 Å². The molecule has 11 heteroatoms. The molecule has 0 bridgehead atoms. The Bertz CT molecular complexity index is 1530. The minimum atomic E-state index is -1.14. The Kier molecular flexibility index (Phi) is 6.63. The monoisotopic (exact) mass is 503 g/mol. The maximum absolute atomic E-state index is 13.0. The van der Waals surface area contributed by atoms with Crippen LogP contribution >= 0.6 is 11.6 Å². The van der Waals surface area contributed by atoms with Crippen LogP contribution in [0.4, 0.5) is 11.6 Å². The summed E-state index contributed by atoms with van der Waals surface area (Å²) in [5.41, 5.74) is 7.32. The van der Waals surface area contributed by atoms with Crippen molar-refractivity contribution in [3.63, 3.8) is 0 Å². The molecule has 0 fully saturated rings. The first kappa shape index (κ1) is 23.5. The van der Waals surface area contributed by atoms with E-state index in [0.717, 1.165) is 5.56 Å². The van der Waals surface area contributed by atoms with Gasteiger partial charge >= 0.3 is 5.56 Å². The Hall–Kier alpha value is -4.25. The molecule has 1 unspecified atom stereocenters. The van der Waals surface area contributed by atoms with Crippen molar-refractivity contribution in [2.24, 2.45) is 5.73 Å². The molecule has 182 valence electrons. The Balaban J connectivity index is 1.50. The largest absolute Gasteiger partial charge is 0.439 e. The van der Waals surface area contributed by atoms with Crippen LogP contribution in [0.3, 0.4) is 0 Å². The molecule has 3 heterocycles. The van der Waals surface area contributed by atoms with Gasteiger partial charge in [0.25, 0.3) is 0 Å². The number of ether oxygens (including phenoxy) is 1. The zero-order valence-electron chi connectivity index (χ0n) is 19.0. The lowest BCUT2D eigenvalue weighted by molar-refractivity contribution is 0.162. The molecule has 36 heavy (non-hydrogen) atoms. The van der Waals surface area contributed by atoms with Gasteiger partial charge in [0.1, 0.15) is 12.0 Å². The van der Waals surface area contributed by atoms with E-state index in [-0.39, 0.29) is 12.1 Å². The van der Waals surface area contributed by atoms with E-state index < -0.39 is 11.8 Å². The molecule has 0 spiro atoms. The van der Waals surface area contributed by atoms with Gasteiger partial charge in [-0.3, -0.25) is 9.36 Å². The summed E-state index contributed by atoms with van der Waals surface area (Å²) >= 11 is 6.05. The van der Waals surface area contributed by atoms with Gasteiger partial charge in [-0.1, -0.05) is 29.8 Å². The number of hydrogen-bond donors (Lipinski definition) is 3. The van der Waals surface area contributed by atoms with Gasteiger partial charge in [0.2, 0.25) is 11.8 Å². The van der Waals surface area contributed by atoms with Gasteiger partial charge in [0, 0.05) is 23.0 Å². The van der Waals surface area contributed by atoms with Crippen LogP contribution < -0.4 is 21.3 Å². The Labute approximate surface area is 210 Å². The van der Waals surface area contributed by atoms with Crippen LogP contribution in [0.25, 0.3) is 11.2 Å². The number of benzene rings is 2. The van der Waals surface area contributed by atoms with Crippen LogP contribution in [0, 0.1) is 0 Å². The van der Waals surface area contributed by atoms with E-state index in [9.17, 15) is 9.90 Å². The van der Waals surface area contributed by atoms with E-state index >= 15 is 0 Å². The van der Waals surface area contributed by atoms with Crippen LogP contribution in [0.1, 0.15) is 5.56 Å². The van der Waals surface area contributed by atoms with Crippen LogP contribution in [-0.4, -0.2) is 35.4 Å². The highest BCUT2D eigenvalue weighted by atomic mass is 35.5. The third-order valence-corrected chi connectivity index (χ3v) is 5.60. The van der Waals surface area contributed by atoms with Gasteiger partial charge < -0.3 is 25.5 Å². The molecule has 2 aromatic carbocycles. The van der Waals surface area contributed by atoms with E-state index in [0.29, 0.717) is 40.5 Å². The summed E-state index contributed by atoms with van der Waals surface area (Å²) in [4.78, 5) is 25.8.